The highest BCUT2D eigenvalue weighted by Gasteiger charge is 2.33. The van der Waals surface area contributed by atoms with E-state index in [2.05, 4.69) is 45.7 Å². The SMILES string of the molecule is Cc1cccc(N2CCN(S(=O)(=O)c3cccc4nsnc34)CC2C)c1. The van der Waals surface area contributed by atoms with Gasteiger partial charge in [-0.25, -0.2) is 8.42 Å². The van der Waals surface area contributed by atoms with Crippen molar-refractivity contribution in [1.29, 1.82) is 0 Å². The predicted molar refractivity (Wildman–Crippen MR) is 104 cm³/mol. The molecule has 1 aliphatic heterocycles. The zero-order valence-corrected chi connectivity index (χ0v) is 16.3. The number of nitrogens with zero attached hydrogens (tertiary/aromatic N) is 4. The minimum atomic E-state index is -3.59. The molecule has 0 radical (unpaired) electrons. The first-order chi connectivity index (χ1) is 12.5. The largest absolute Gasteiger partial charge is 0.366 e. The summed E-state index contributed by atoms with van der Waals surface area (Å²) in [5.74, 6) is 0. The molecule has 1 aliphatic rings. The lowest BCUT2D eigenvalue weighted by Crippen LogP contribution is -2.53. The molecule has 0 spiro atoms. The van der Waals surface area contributed by atoms with Crippen molar-refractivity contribution in [3.05, 3.63) is 48.0 Å². The van der Waals surface area contributed by atoms with Crippen molar-refractivity contribution in [2.24, 2.45) is 0 Å². The van der Waals surface area contributed by atoms with Crippen LogP contribution < -0.4 is 4.90 Å². The number of fused-ring (bicyclic) bond motifs is 1. The lowest BCUT2D eigenvalue weighted by Gasteiger charge is -2.40. The minimum absolute atomic E-state index is 0.0908. The number of aryl methyl sites for hydroxylation is 1. The van der Waals surface area contributed by atoms with Crippen LogP contribution in [0.4, 0.5) is 5.69 Å². The second kappa shape index (κ2) is 6.61. The van der Waals surface area contributed by atoms with Gasteiger partial charge in [0.05, 0.1) is 11.7 Å². The van der Waals surface area contributed by atoms with Crippen LogP contribution in [0.1, 0.15) is 12.5 Å². The molecule has 2 heterocycles. The van der Waals surface area contributed by atoms with Gasteiger partial charge in [0.1, 0.15) is 15.9 Å². The van der Waals surface area contributed by atoms with Crippen molar-refractivity contribution in [1.82, 2.24) is 13.1 Å². The summed E-state index contributed by atoms with van der Waals surface area (Å²) in [6, 6.07) is 13.6. The van der Waals surface area contributed by atoms with Gasteiger partial charge in [-0.1, -0.05) is 18.2 Å². The highest BCUT2D eigenvalue weighted by Crippen LogP contribution is 2.28. The Hall–Kier alpha value is -2.03. The molecule has 0 amide bonds. The Kier molecular flexibility index (Phi) is 4.42. The van der Waals surface area contributed by atoms with E-state index in [1.54, 1.807) is 22.5 Å². The Balaban J connectivity index is 1.61. The number of piperazine rings is 1. The van der Waals surface area contributed by atoms with Crippen LogP contribution >= 0.6 is 11.7 Å². The fraction of sp³-hybridized carbons (Fsp3) is 0.333. The van der Waals surface area contributed by atoms with Gasteiger partial charge >= 0.3 is 0 Å². The zero-order valence-electron chi connectivity index (χ0n) is 14.7. The van der Waals surface area contributed by atoms with Gasteiger partial charge < -0.3 is 4.90 Å². The standard InChI is InChI=1S/C18H20N4O2S2/c1-13-5-3-6-15(11-13)22-10-9-21(12-14(22)2)26(23,24)17-8-4-7-16-18(17)20-25-19-16/h3-8,11,14H,9-10,12H2,1-2H3. The quantitative estimate of drug-likeness (QED) is 0.690. The maximum Gasteiger partial charge on any atom is 0.245 e. The van der Waals surface area contributed by atoms with Crippen LogP contribution in [0.5, 0.6) is 0 Å². The van der Waals surface area contributed by atoms with Gasteiger partial charge in [0.15, 0.2) is 0 Å². The molecule has 8 heteroatoms. The van der Waals surface area contributed by atoms with Gasteiger partial charge in [-0.05, 0) is 43.7 Å². The number of hydrogen-bond acceptors (Lipinski definition) is 6. The van der Waals surface area contributed by atoms with E-state index in [4.69, 9.17) is 0 Å². The average Bonchev–Trinajstić information content (AvgIpc) is 3.10. The maximum absolute atomic E-state index is 13.2. The normalized spacial score (nSPS) is 19.2. The summed E-state index contributed by atoms with van der Waals surface area (Å²) in [5.41, 5.74) is 3.43. The van der Waals surface area contributed by atoms with Gasteiger partial charge in [0, 0.05) is 31.4 Å². The number of sulfonamides is 1. The molecule has 136 valence electrons. The maximum atomic E-state index is 13.2. The summed E-state index contributed by atoms with van der Waals surface area (Å²) in [4.78, 5) is 2.52. The van der Waals surface area contributed by atoms with Gasteiger partial charge in [-0.15, -0.1) is 0 Å². The fourth-order valence-electron chi connectivity index (χ4n) is 3.46. The van der Waals surface area contributed by atoms with E-state index in [1.165, 1.54) is 5.56 Å². The van der Waals surface area contributed by atoms with E-state index < -0.39 is 10.0 Å². The monoisotopic (exact) mass is 388 g/mol. The molecule has 2 aromatic carbocycles. The number of anilines is 1. The van der Waals surface area contributed by atoms with E-state index in [0.29, 0.717) is 30.7 Å². The molecule has 4 rings (SSSR count). The Morgan fingerprint density at radius 2 is 1.92 bits per heavy atom. The molecule has 1 atom stereocenters. The first-order valence-electron chi connectivity index (χ1n) is 8.51. The van der Waals surface area contributed by atoms with E-state index in [1.807, 2.05) is 6.07 Å². The summed E-state index contributed by atoms with van der Waals surface area (Å²) < 4.78 is 36.3. The smallest absolute Gasteiger partial charge is 0.245 e. The van der Waals surface area contributed by atoms with Crippen LogP contribution in [0, 0.1) is 6.92 Å². The van der Waals surface area contributed by atoms with Crippen LogP contribution in [0.3, 0.4) is 0 Å². The third-order valence-corrected chi connectivity index (χ3v) is 7.23. The third kappa shape index (κ3) is 2.98. The van der Waals surface area contributed by atoms with Crippen molar-refractivity contribution >= 4 is 38.5 Å². The molecular weight excluding hydrogens is 368 g/mol. The first-order valence-corrected chi connectivity index (χ1v) is 10.7. The second-order valence-electron chi connectivity index (χ2n) is 6.63. The summed E-state index contributed by atoms with van der Waals surface area (Å²) in [7, 11) is -3.59. The molecule has 0 bridgehead atoms. The lowest BCUT2D eigenvalue weighted by molar-refractivity contribution is 0.343. The average molecular weight is 389 g/mol. The summed E-state index contributed by atoms with van der Waals surface area (Å²) in [5, 5.41) is 0. The number of hydrogen-bond donors (Lipinski definition) is 0. The van der Waals surface area contributed by atoms with Crippen molar-refractivity contribution in [2.75, 3.05) is 24.5 Å². The van der Waals surface area contributed by atoms with E-state index in [9.17, 15) is 8.42 Å². The summed E-state index contributed by atoms with van der Waals surface area (Å²) in [6.07, 6.45) is 0. The molecular formula is C18H20N4O2S2. The van der Waals surface area contributed by atoms with E-state index >= 15 is 0 Å². The fourth-order valence-corrected chi connectivity index (χ4v) is 5.73. The van der Waals surface area contributed by atoms with Crippen molar-refractivity contribution < 1.29 is 8.42 Å². The number of aromatic nitrogens is 2. The topological polar surface area (TPSA) is 66.4 Å². The van der Waals surface area contributed by atoms with Crippen LogP contribution in [-0.4, -0.2) is 47.1 Å². The summed E-state index contributed by atoms with van der Waals surface area (Å²) >= 11 is 1.04. The molecule has 1 saturated heterocycles. The molecule has 0 N–H and O–H groups in total. The van der Waals surface area contributed by atoms with Crippen LogP contribution in [0.15, 0.2) is 47.4 Å². The van der Waals surface area contributed by atoms with Gasteiger partial charge in [0.25, 0.3) is 0 Å². The highest BCUT2D eigenvalue weighted by atomic mass is 32.2. The molecule has 26 heavy (non-hydrogen) atoms. The Labute approximate surface area is 157 Å². The Bertz CT molecular complexity index is 1050. The van der Waals surface area contributed by atoms with E-state index in [0.717, 1.165) is 17.4 Å². The lowest BCUT2D eigenvalue weighted by atomic mass is 10.1. The van der Waals surface area contributed by atoms with Crippen molar-refractivity contribution in [3.8, 4) is 0 Å². The van der Waals surface area contributed by atoms with Gasteiger partial charge in [-0.3, -0.25) is 0 Å². The van der Waals surface area contributed by atoms with Crippen LogP contribution in [0.2, 0.25) is 0 Å². The molecule has 6 nitrogen and oxygen atoms in total. The van der Waals surface area contributed by atoms with Gasteiger partial charge in [-0.2, -0.15) is 13.1 Å². The van der Waals surface area contributed by atoms with Gasteiger partial charge in [0.2, 0.25) is 10.0 Å². The number of benzene rings is 2. The van der Waals surface area contributed by atoms with Crippen molar-refractivity contribution in [3.63, 3.8) is 0 Å². The van der Waals surface area contributed by atoms with Crippen molar-refractivity contribution in [2.45, 2.75) is 24.8 Å². The molecule has 1 fully saturated rings. The Morgan fingerprint density at radius 3 is 2.69 bits per heavy atom. The molecule has 0 aliphatic carbocycles. The first kappa shape index (κ1) is 17.4. The second-order valence-corrected chi connectivity index (χ2v) is 9.07. The molecule has 3 aromatic rings. The van der Waals surface area contributed by atoms with Crippen LogP contribution in [0.25, 0.3) is 11.0 Å². The third-order valence-electron chi connectivity index (χ3n) is 4.79. The van der Waals surface area contributed by atoms with E-state index in [-0.39, 0.29) is 10.9 Å². The Morgan fingerprint density at radius 1 is 1.12 bits per heavy atom. The molecule has 1 aromatic heterocycles. The minimum Gasteiger partial charge on any atom is -0.366 e. The predicted octanol–water partition coefficient (Wildman–Crippen LogP) is 2.90. The number of rotatable bonds is 3. The molecule has 0 saturated carbocycles. The summed E-state index contributed by atoms with van der Waals surface area (Å²) in [6.45, 7) is 5.69. The highest BCUT2D eigenvalue weighted by molar-refractivity contribution is 7.89. The van der Waals surface area contributed by atoms with Crippen LogP contribution in [-0.2, 0) is 10.0 Å². The molecule has 1 unspecified atom stereocenters. The zero-order chi connectivity index (χ0) is 18.3.